The second-order valence-corrected chi connectivity index (χ2v) is 10.6. The van der Waals surface area contributed by atoms with Gasteiger partial charge in [-0.3, -0.25) is 14.4 Å². The van der Waals surface area contributed by atoms with Crippen LogP contribution in [0.2, 0.25) is 0 Å². The van der Waals surface area contributed by atoms with Crippen molar-refractivity contribution in [2.45, 2.75) is 16.4 Å². The van der Waals surface area contributed by atoms with Gasteiger partial charge in [0.25, 0.3) is 11.8 Å². The van der Waals surface area contributed by atoms with Crippen LogP contribution in [0.1, 0.15) is 26.3 Å². The van der Waals surface area contributed by atoms with Crippen LogP contribution >= 0.6 is 47.0 Å². The summed E-state index contributed by atoms with van der Waals surface area (Å²) in [5.41, 5.74) is 2.08. The van der Waals surface area contributed by atoms with Crippen molar-refractivity contribution in [1.29, 1.82) is 0 Å². The quantitative estimate of drug-likeness (QED) is 0.173. The van der Waals surface area contributed by atoms with Gasteiger partial charge in [-0.2, -0.15) is 0 Å². The van der Waals surface area contributed by atoms with Crippen LogP contribution < -0.4 is 20.9 Å². The van der Waals surface area contributed by atoms with Crippen LogP contribution in [0.25, 0.3) is 0 Å². The van der Waals surface area contributed by atoms with E-state index in [-0.39, 0.29) is 17.4 Å². The Bertz CT molecular complexity index is 1300. The van der Waals surface area contributed by atoms with Gasteiger partial charge in [0.1, 0.15) is 6.17 Å². The average molecular weight is 562 g/mol. The first kappa shape index (κ1) is 25.9. The van der Waals surface area contributed by atoms with Gasteiger partial charge < -0.3 is 16.0 Å². The molecular formula is C25H19Cl3N4O3S. The number of carbonyl (C=O) groups excluding carboxylic acids is 3. The van der Waals surface area contributed by atoms with Crippen LogP contribution in [-0.4, -0.2) is 32.8 Å². The van der Waals surface area contributed by atoms with Crippen molar-refractivity contribution in [2.75, 3.05) is 10.2 Å². The molecule has 0 aromatic heterocycles. The number of benzene rings is 3. The Balaban J connectivity index is 1.49. The average Bonchev–Trinajstić information content (AvgIpc) is 3.09. The van der Waals surface area contributed by atoms with Crippen LogP contribution in [0.5, 0.6) is 0 Å². The first-order valence-electron chi connectivity index (χ1n) is 10.7. The summed E-state index contributed by atoms with van der Waals surface area (Å²) < 4.78 is -1.94. The highest BCUT2D eigenvalue weighted by atomic mass is 35.6. The second-order valence-electron chi connectivity index (χ2n) is 7.81. The number of anilines is 2. The molecule has 0 fully saturated rings. The summed E-state index contributed by atoms with van der Waals surface area (Å²) in [7, 11) is 0. The predicted molar refractivity (Wildman–Crippen MR) is 146 cm³/mol. The Morgan fingerprint density at radius 1 is 0.833 bits per heavy atom. The van der Waals surface area contributed by atoms with E-state index in [1.54, 1.807) is 60.7 Å². The van der Waals surface area contributed by atoms with Crippen LogP contribution in [-0.2, 0) is 11.2 Å². The molecule has 0 bridgehead atoms. The Morgan fingerprint density at radius 2 is 1.39 bits per heavy atom. The predicted octanol–water partition coefficient (Wildman–Crippen LogP) is 4.83. The van der Waals surface area contributed by atoms with Gasteiger partial charge in [0.2, 0.25) is 9.70 Å². The molecule has 36 heavy (non-hydrogen) atoms. The minimum Gasteiger partial charge on any atom is -0.339 e. The molecule has 4 rings (SSSR count). The van der Waals surface area contributed by atoms with Crippen molar-refractivity contribution in [3.63, 3.8) is 0 Å². The fraction of sp³-hybridized carbons (Fsp3) is 0.120. The Labute approximate surface area is 227 Å². The lowest BCUT2D eigenvalue weighted by atomic mass is 10.1. The number of hydrogen-bond acceptors (Lipinski definition) is 4. The lowest BCUT2D eigenvalue weighted by Gasteiger charge is -2.28. The van der Waals surface area contributed by atoms with Crippen molar-refractivity contribution < 1.29 is 14.4 Å². The molecule has 0 saturated carbocycles. The summed E-state index contributed by atoms with van der Waals surface area (Å²) in [5.74, 6) is -1.29. The molecule has 0 aliphatic carbocycles. The van der Waals surface area contributed by atoms with Crippen molar-refractivity contribution in [3.05, 3.63) is 95.6 Å². The van der Waals surface area contributed by atoms with Gasteiger partial charge in [-0.25, -0.2) is 4.90 Å². The number of alkyl halides is 3. The number of fused-ring (bicyclic) bond motifs is 1. The molecular weight excluding hydrogens is 543 g/mol. The van der Waals surface area contributed by atoms with E-state index in [1.165, 1.54) is 0 Å². The standard InChI is InChI=1S/C25H19Cl3N4O3S/c26-25(27,28)23(30-20(33)14-15-8-2-1-3-9-15)31-24(36)29-18-12-6-7-13-19(18)32-21(34)16-10-4-5-11-17(16)22(32)35/h1-13,23H,14H2,(H,30,33)(H2,29,31,36). The molecule has 1 aliphatic heterocycles. The molecule has 1 aliphatic rings. The summed E-state index contributed by atoms with van der Waals surface area (Å²) in [4.78, 5) is 39.5. The molecule has 3 aromatic carbocycles. The van der Waals surface area contributed by atoms with E-state index in [4.69, 9.17) is 47.0 Å². The van der Waals surface area contributed by atoms with E-state index in [2.05, 4.69) is 16.0 Å². The number of nitrogens with one attached hydrogen (secondary N) is 3. The highest BCUT2D eigenvalue weighted by Crippen LogP contribution is 2.34. The first-order chi connectivity index (χ1) is 17.1. The molecule has 3 N–H and O–H groups in total. The lowest BCUT2D eigenvalue weighted by Crippen LogP contribution is -2.56. The number of hydrogen-bond donors (Lipinski definition) is 3. The molecule has 1 heterocycles. The van der Waals surface area contributed by atoms with Gasteiger partial charge >= 0.3 is 0 Å². The normalized spacial score (nSPS) is 13.7. The van der Waals surface area contributed by atoms with E-state index in [1.807, 2.05) is 18.2 Å². The van der Waals surface area contributed by atoms with Gasteiger partial charge in [0.05, 0.1) is 28.9 Å². The summed E-state index contributed by atoms with van der Waals surface area (Å²) in [6, 6.07) is 22.3. The molecule has 11 heteroatoms. The number of carbonyl (C=O) groups is 3. The van der Waals surface area contributed by atoms with Gasteiger partial charge in [0, 0.05) is 0 Å². The zero-order valence-electron chi connectivity index (χ0n) is 18.5. The summed E-state index contributed by atoms with van der Waals surface area (Å²) in [6.45, 7) is 0. The minimum atomic E-state index is -1.94. The number of halogens is 3. The van der Waals surface area contributed by atoms with E-state index in [9.17, 15) is 14.4 Å². The third kappa shape index (κ3) is 5.79. The monoisotopic (exact) mass is 560 g/mol. The lowest BCUT2D eigenvalue weighted by molar-refractivity contribution is -0.121. The van der Waals surface area contributed by atoms with Gasteiger partial charge in [-0.05, 0) is 42.0 Å². The van der Waals surface area contributed by atoms with Crippen molar-refractivity contribution >= 4 is 81.2 Å². The molecule has 3 amide bonds. The molecule has 184 valence electrons. The molecule has 0 radical (unpaired) electrons. The zero-order valence-corrected chi connectivity index (χ0v) is 21.6. The topological polar surface area (TPSA) is 90.5 Å². The Kier molecular flexibility index (Phi) is 7.80. The second kappa shape index (κ2) is 10.8. The summed E-state index contributed by atoms with van der Waals surface area (Å²) >= 11 is 23.6. The van der Waals surface area contributed by atoms with Crippen LogP contribution in [0, 0.1) is 0 Å². The minimum absolute atomic E-state index is 0.00426. The number of para-hydroxylation sites is 2. The Hall–Kier alpha value is -3.17. The van der Waals surface area contributed by atoms with Crippen molar-refractivity contribution in [1.82, 2.24) is 10.6 Å². The molecule has 3 aromatic rings. The van der Waals surface area contributed by atoms with Gasteiger partial charge in [0.15, 0.2) is 5.11 Å². The maximum absolute atomic E-state index is 13.0. The molecule has 7 nitrogen and oxygen atoms in total. The fourth-order valence-corrected chi connectivity index (χ4v) is 4.22. The zero-order chi connectivity index (χ0) is 25.9. The highest BCUT2D eigenvalue weighted by molar-refractivity contribution is 7.80. The van der Waals surface area contributed by atoms with Crippen LogP contribution in [0.4, 0.5) is 11.4 Å². The molecule has 1 atom stereocenters. The van der Waals surface area contributed by atoms with E-state index in [0.717, 1.165) is 10.5 Å². The maximum atomic E-state index is 13.0. The van der Waals surface area contributed by atoms with Crippen LogP contribution in [0.3, 0.4) is 0 Å². The number of amides is 3. The smallest absolute Gasteiger partial charge is 0.266 e. The summed E-state index contributed by atoms with van der Waals surface area (Å²) in [6.07, 6.45) is -1.10. The highest BCUT2D eigenvalue weighted by Gasteiger charge is 2.38. The SMILES string of the molecule is O=C(Cc1ccccc1)NC(NC(=S)Nc1ccccc1N1C(=O)c2ccccc2C1=O)C(Cl)(Cl)Cl. The molecule has 0 spiro atoms. The van der Waals surface area contributed by atoms with Crippen molar-refractivity contribution in [2.24, 2.45) is 0 Å². The Morgan fingerprint density at radius 3 is 2.00 bits per heavy atom. The molecule has 0 saturated heterocycles. The van der Waals surface area contributed by atoms with E-state index in [0.29, 0.717) is 22.5 Å². The first-order valence-corrected chi connectivity index (χ1v) is 12.2. The molecule has 1 unspecified atom stereocenters. The number of imide groups is 1. The van der Waals surface area contributed by atoms with Gasteiger partial charge in [-0.1, -0.05) is 89.4 Å². The van der Waals surface area contributed by atoms with E-state index >= 15 is 0 Å². The third-order valence-electron chi connectivity index (χ3n) is 5.30. The number of rotatable bonds is 6. The number of thiocarbonyl (C=S) groups is 1. The maximum Gasteiger partial charge on any atom is 0.266 e. The van der Waals surface area contributed by atoms with Gasteiger partial charge in [-0.15, -0.1) is 0 Å². The largest absolute Gasteiger partial charge is 0.339 e. The van der Waals surface area contributed by atoms with Crippen molar-refractivity contribution in [3.8, 4) is 0 Å². The number of nitrogens with zero attached hydrogens (tertiary/aromatic N) is 1. The van der Waals surface area contributed by atoms with Crippen LogP contribution in [0.15, 0.2) is 78.9 Å². The third-order valence-corrected chi connectivity index (χ3v) is 6.18. The van der Waals surface area contributed by atoms with E-state index < -0.39 is 21.8 Å². The summed E-state index contributed by atoms with van der Waals surface area (Å²) in [5, 5.41) is 8.33. The fourth-order valence-electron chi connectivity index (χ4n) is 3.66.